The fourth-order valence-electron chi connectivity index (χ4n) is 1.93. The highest BCUT2D eigenvalue weighted by Crippen LogP contribution is 2.33. The predicted molar refractivity (Wildman–Crippen MR) is 59.5 cm³/mol. The van der Waals surface area contributed by atoms with Gasteiger partial charge in [-0.05, 0) is 17.7 Å². The van der Waals surface area contributed by atoms with Crippen LogP contribution < -0.4 is 5.73 Å². The molecule has 0 saturated carbocycles. The summed E-state index contributed by atoms with van der Waals surface area (Å²) in [6.45, 7) is -0.400. The van der Waals surface area contributed by atoms with E-state index in [4.69, 9.17) is 15.6 Å². The number of hydrogen-bond acceptors (Lipinski definition) is 6. The number of amides is 1. The number of carbonyl (C=O) groups excluding carboxylic acids is 1. The van der Waals surface area contributed by atoms with E-state index in [-0.39, 0.29) is 5.69 Å². The number of nitrogens with zero attached hydrogens (tertiary/aromatic N) is 1. The number of aromatic nitrogens is 1. The number of hydrogen-bond donors (Lipinski definition) is 4. The molecule has 98 valence electrons. The van der Waals surface area contributed by atoms with Gasteiger partial charge in [-0.2, -0.15) is 0 Å². The summed E-state index contributed by atoms with van der Waals surface area (Å²) in [6.07, 6.45) is -2.66. The zero-order chi connectivity index (χ0) is 13.3. The lowest BCUT2D eigenvalue weighted by molar-refractivity contribution is -0.0228. The number of carbonyl (C=O) groups is 1. The zero-order valence-electron chi connectivity index (χ0n) is 9.43. The third-order valence-corrected chi connectivity index (χ3v) is 2.91. The van der Waals surface area contributed by atoms with Gasteiger partial charge < -0.3 is 25.8 Å². The van der Waals surface area contributed by atoms with E-state index in [1.807, 2.05) is 0 Å². The lowest BCUT2D eigenvalue weighted by Gasteiger charge is -2.15. The minimum absolute atomic E-state index is 0.0465. The highest BCUT2D eigenvalue weighted by Gasteiger charge is 2.43. The fraction of sp³-hybridized carbons (Fsp3) is 0.455. The Balaban J connectivity index is 2.27. The molecule has 0 radical (unpaired) electrons. The van der Waals surface area contributed by atoms with Crippen molar-refractivity contribution in [2.24, 2.45) is 5.73 Å². The van der Waals surface area contributed by atoms with Gasteiger partial charge in [0.05, 0.1) is 6.61 Å². The maximum absolute atomic E-state index is 11.0. The van der Waals surface area contributed by atoms with Crippen LogP contribution in [0.3, 0.4) is 0 Å². The van der Waals surface area contributed by atoms with Crippen molar-refractivity contribution in [2.45, 2.75) is 24.4 Å². The molecule has 18 heavy (non-hydrogen) atoms. The highest BCUT2D eigenvalue weighted by molar-refractivity contribution is 5.90. The molecule has 1 aromatic rings. The van der Waals surface area contributed by atoms with Crippen LogP contribution in [0, 0.1) is 0 Å². The first kappa shape index (κ1) is 12.9. The second kappa shape index (κ2) is 4.99. The highest BCUT2D eigenvalue weighted by atomic mass is 16.6. The zero-order valence-corrected chi connectivity index (χ0v) is 9.43. The van der Waals surface area contributed by atoms with Crippen molar-refractivity contribution in [1.29, 1.82) is 0 Å². The van der Waals surface area contributed by atoms with Crippen LogP contribution in [0.15, 0.2) is 18.3 Å². The summed E-state index contributed by atoms with van der Waals surface area (Å²) in [5, 5.41) is 28.4. The van der Waals surface area contributed by atoms with Crippen molar-refractivity contribution >= 4 is 5.91 Å². The quantitative estimate of drug-likeness (QED) is 0.511. The average Bonchev–Trinajstić information content (AvgIpc) is 2.66. The monoisotopic (exact) mass is 254 g/mol. The van der Waals surface area contributed by atoms with Gasteiger partial charge >= 0.3 is 0 Å². The number of primary amides is 1. The Labute approximate surface area is 103 Å². The topological polar surface area (TPSA) is 126 Å². The summed E-state index contributed by atoms with van der Waals surface area (Å²) in [7, 11) is 0. The summed E-state index contributed by atoms with van der Waals surface area (Å²) >= 11 is 0. The molecule has 2 heterocycles. The van der Waals surface area contributed by atoms with Gasteiger partial charge in [0.15, 0.2) is 0 Å². The molecule has 1 aliphatic heterocycles. The van der Waals surface area contributed by atoms with Gasteiger partial charge in [0.1, 0.15) is 30.1 Å². The Morgan fingerprint density at radius 2 is 2.17 bits per heavy atom. The normalized spacial score (nSPS) is 31.5. The largest absolute Gasteiger partial charge is 0.394 e. The third-order valence-electron chi connectivity index (χ3n) is 2.91. The first-order valence-corrected chi connectivity index (χ1v) is 5.42. The molecule has 0 unspecified atom stereocenters. The number of pyridine rings is 1. The van der Waals surface area contributed by atoms with Crippen LogP contribution in [0.4, 0.5) is 0 Å². The van der Waals surface area contributed by atoms with Gasteiger partial charge in [0, 0.05) is 6.20 Å². The molecule has 0 aliphatic carbocycles. The number of ether oxygens (including phenoxy) is 1. The van der Waals surface area contributed by atoms with Gasteiger partial charge in [0.2, 0.25) is 0 Å². The molecule has 2 rings (SSSR count). The molecule has 0 spiro atoms. The van der Waals surface area contributed by atoms with Gasteiger partial charge in [-0.3, -0.25) is 9.78 Å². The van der Waals surface area contributed by atoms with E-state index in [2.05, 4.69) is 4.98 Å². The van der Waals surface area contributed by atoms with E-state index in [1.165, 1.54) is 12.3 Å². The summed E-state index contributed by atoms with van der Waals surface area (Å²) in [5.41, 5.74) is 5.62. The van der Waals surface area contributed by atoms with Crippen molar-refractivity contribution in [3.8, 4) is 0 Å². The summed E-state index contributed by atoms with van der Waals surface area (Å²) < 4.78 is 5.33. The van der Waals surface area contributed by atoms with Crippen LogP contribution >= 0.6 is 0 Å². The van der Waals surface area contributed by atoms with Crippen LogP contribution in [0.2, 0.25) is 0 Å². The molecule has 7 nitrogen and oxygen atoms in total. The van der Waals surface area contributed by atoms with Gasteiger partial charge in [-0.1, -0.05) is 0 Å². The van der Waals surface area contributed by atoms with E-state index in [0.29, 0.717) is 5.56 Å². The predicted octanol–water partition coefficient (Wildman–Crippen LogP) is -1.67. The number of aliphatic hydroxyl groups excluding tert-OH is 3. The lowest BCUT2D eigenvalue weighted by Crippen LogP contribution is -2.32. The maximum atomic E-state index is 11.0. The Bertz CT molecular complexity index is 453. The molecule has 1 amide bonds. The van der Waals surface area contributed by atoms with E-state index in [9.17, 15) is 15.0 Å². The Kier molecular flexibility index (Phi) is 3.58. The molecular weight excluding hydrogens is 240 g/mol. The summed E-state index contributed by atoms with van der Waals surface area (Å²) in [5.74, 6) is -0.691. The number of nitrogens with two attached hydrogens (primary N) is 1. The smallest absolute Gasteiger partial charge is 0.267 e. The van der Waals surface area contributed by atoms with E-state index in [1.54, 1.807) is 6.07 Å². The molecule has 1 aliphatic rings. The van der Waals surface area contributed by atoms with Crippen LogP contribution in [0.5, 0.6) is 0 Å². The molecular formula is C11H14N2O5. The third kappa shape index (κ3) is 2.21. The van der Waals surface area contributed by atoms with Crippen molar-refractivity contribution in [1.82, 2.24) is 4.98 Å². The van der Waals surface area contributed by atoms with Crippen molar-refractivity contribution < 1.29 is 24.9 Å². The molecule has 4 atom stereocenters. The van der Waals surface area contributed by atoms with E-state index >= 15 is 0 Å². The first-order chi connectivity index (χ1) is 8.54. The first-order valence-electron chi connectivity index (χ1n) is 5.42. The van der Waals surface area contributed by atoms with Crippen molar-refractivity contribution in [3.63, 3.8) is 0 Å². The summed E-state index contributed by atoms with van der Waals surface area (Å²) in [4.78, 5) is 14.8. The lowest BCUT2D eigenvalue weighted by atomic mass is 10.0. The molecule has 5 N–H and O–H groups in total. The van der Waals surface area contributed by atoms with Gasteiger partial charge in [-0.25, -0.2) is 0 Å². The van der Waals surface area contributed by atoms with Crippen molar-refractivity contribution in [2.75, 3.05) is 6.61 Å². The minimum atomic E-state index is -1.18. The van der Waals surface area contributed by atoms with E-state index < -0.39 is 36.9 Å². The van der Waals surface area contributed by atoms with Crippen molar-refractivity contribution in [3.05, 3.63) is 29.6 Å². The second-order valence-electron chi connectivity index (χ2n) is 4.10. The molecule has 1 fully saturated rings. The van der Waals surface area contributed by atoms with Crippen LogP contribution in [-0.2, 0) is 4.74 Å². The molecule has 1 aromatic heterocycles. The van der Waals surface area contributed by atoms with Gasteiger partial charge in [-0.15, -0.1) is 0 Å². The molecule has 1 saturated heterocycles. The number of rotatable bonds is 3. The number of aliphatic hydroxyl groups is 3. The minimum Gasteiger partial charge on any atom is -0.394 e. The standard InChI is InChI=1S/C11H14N2O5/c12-11(17)6-3-5(1-2-13-6)10-9(16)8(15)7(4-14)18-10/h1-3,7-10,14-16H,4H2,(H2,12,17)/t7-,8-,9-,10-/m1/s1. The molecule has 0 bridgehead atoms. The molecule has 7 heteroatoms. The second-order valence-corrected chi connectivity index (χ2v) is 4.10. The van der Waals surface area contributed by atoms with Crippen LogP contribution in [0.25, 0.3) is 0 Å². The average molecular weight is 254 g/mol. The van der Waals surface area contributed by atoms with Crippen LogP contribution in [-0.4, -0.2) is 51.1 Å². The summed E-state index contributed by atoms with van der Waals surface area (Å²) in [6, 6.07) is 2.94. The Morgan fingerprint density at radius 1 is 1.44 bits per heavy atom. The van der Waals surface area contributed by atoms with E-state index in [0.717, 1.165) is 0 Å². The Morgan fingerprint density at radius 3 is 2.72 bits per heavy atom. The SMILES string of the molecule is NC(=O)c1cc([C@H]2O[C@H](CO)[C@@H](O)[C@H]2O)ccn1. The molecule has 0 aromatic carbocycles. The fourth-order valence-corrected chi connectivity index (χ4v) is 1.93. The maximum Gasteiger partial charge on any atom is 0.267 e. The Hall–Kier alpha value is -1.54. The van der Waals surface area contributed by atoms with Gasteiger partial charge in [0.25, 0.3) is 5.91 Å². The van der Waals surface area contributed by atoms with Crippen LogP contribution in [0.1, 0.15) is 22.2 Å².